The molecule has 0 saturated carbocycles. The average Bonchev–Trinajstić information content (AvgIpc) is 0.796. The summed E-state index contributed by atoms with van der Waals surface area (Å²) in [5.41, 5.74) is 6.05. The second-order valence-corrected chi connectivity index (χ2v) is 26.0. The fraction of sp³-hybridized carbons (Fsp3) is 0.403. The molecule has 7 aromatic rings. The number of carbonyl (C=O) groups excluding carboxylic acids is 1. The van der Waals surface area contributed by atoms with Crippen molar-refractivity contribution in [3.63, 3.8) is 0 Å². The van der Waals surface area contributed by atoms with Crippen molar-refractivity contribution >= 4 is 15.7 Å². The van der Waals surface area contributed by atoms with Gasteiger partial charge in [-0.1, -0.05) is 233 Å². The smallest absolute Gasteiger partial charge is 0.217 e. The molecule has 0 aromatic heterocycles. The van der Waals surface area contributed by atoms with Crippen LogP contribution in [0.5, 0.6) is 0 Å². The Labute approximate surface area is 530 Å². The van der Waals surface area contributed by atoms with E-state index in [-0.39, 0.29) is 58.3 Å². The molecule has 1 amide bonds. The van der Waals surface area contributed by atoms with Gasteiger partial charge in [-0.05, 0) is 44.4 Å². The van der Waals surface area contributed by atoms with Crippen molar-refractivity contribution in [1.82, 2.24) is 5.32 Å². The first-order valence-corrected chi connectivity index (χ1v) is 32.2. The van der Waals surface area contributed by atoms with Crippen LogP contribution in [0.25, 0.3) is 0 Å². The summed E-state index contributed by atoms with van der Waals surface area (Å²) in [7, 11) is -1.64. The fourth-order valence-electron chi connectivity index (χ4n) is 12.2. The summed E-state index contributed by atoms with van der Waals surface area (Å²) < 4.78 is 74.7. The minimum absolute atomic E-state index is 0.0109. The monoisotopic (exact) mass is 1250 g/mol. The van der Waals surface area contributed by atoms with E-state index in [1.165, 1.54) is 6.92 Å². The van der Waals surface area contributed by atoms with Gasteiger partial charge in [0, 0.05) is 12.0 Å². The van der Waals surface area contributed by atoms with E-state index in [9.17, 15) is 25.2 Å². The number of hydrogen-bond donors (Lipinski definition) is 5. The maximum Gasteiger partial charge on any atom is 0.217 e. The van der Waals surface area contributed by atoms with Crippen LogP contribution in [0.1, 0.15) is 66.6 Å². The van der Waals surface area contributed by atoms with E-state index in [1.54, 1.807) is 0 Å². The molecule has 478 valence electrons. The number of nitrogens with one attached hydrogen (secondary N) is 1. The number of rotatable bonds is 28. The van der Waals surface area contributed by atoms with Gasteiger partial charge in [0.1, 0.15) is 73.2 Å². The quantitative estimate of drug-likeness (QED) is 0.0296. The van der Waals surface area contributed by atoms with Crippen LogP contribution in [-0.2, 0) is 94.7 Å². The molecule has 17 nitrogen and oxygen atoms in total. The molecule has 90 heavy (non-hydrogen) atoms. The van der Waals surface area contributed by atoms with Crippen LogP contribution in [0.2, 0.25) is 0 Å². The third-order valence-corrected chi connectivity index (χ3v) is 19.7. The van der Waals surface area contributed by atoms with Gasteiger partial charge in [-0.3, -0.25) is 4.79 Å². The first-order valence-electron chi connectivity index (χ1n) is 30.9. The standard InChI is InChI=1S/C72H85NO16Si/c1-48(74)73-59-65(82-43-52-32-18-8-19-33-52)64(88-70-62(77)61(76)60(75)56(86-70)47-84-90-72(71(2,3)4,54-36-22-10-23-37-54)55-38-24-11-25-39-55)58(46-80-41-50-28-14-6-15-29-50)87-69(59)89-66-63(81-42-51-30-16-7-17-31-51)57(45-79-40-49-26-12-5-13-27-49)85-68(78)67(66)83-44-53-34-20-9-21-35-53/h5-39,56-70,75-78H,40-47,90H2,1-4H3,(H,73,74). The normalized spacial score (nSPS) is 27.4. The van der Waals surface area contributed by atoms with Crippen LogP contribution in [0, 0.1) is 5.41 Å². The van der Waals surface area contributed by atoms with Crippen molar-refractivity contribution in [1.29, 1.82) is 0 Å². The Balaban J connectivity index is 1.00. The number of benzene rings is 7. The third-order valence-electron chi connectivity index (χ3n) is 16.9. The van der Waals surface area contributed by atoms with Gasteiger partial charge in [0.2, 0.25) is 5.91 Å². The van der Waals surface area contributed by atoms with Crippen molar-refractivity contribution in [2.45, 2.75) is 158 Å². The highest BCUT2D eigenvalue weighted by Crippen LogP contribution is 2.47. The van der Waals surface area contributed by atoms with Gasteiger partial charge in [0.15, 0.2) is 28.6 Å². The van der Waals surface area contributed by atoms with Crippen molar-refractivity contribution in [2.75, 3.05) is 19.8 Å². The molecule has 0 aliphatic carbocycles. The number of carbonyl (C=O) groups is 1. The highest BCUT2D eigenvalue weighted by molar-refractivity contribution is 6.34. The summed E-state index contributed by atoms with van der Waals surface area (Å²) in [5.74, 6) is -0.484. The molecular formula is C72H85NO16Si. The van der Waals surface area contributed by atoms with Crippen molar-refractivity contribution in [3.05, 3.63) is 251 Å². The van der Waals surface area contributed by atoms with Gasteiger partial charge in [0.25, 0.3) is 0 Å². The molecule has 15 unspecified atom stereocenters. The minimum atomic E-state index is -1.81. The highest BCUT2D eigenvalue weighted by Gasteiger charge is 2.56. The average molecular weight is 1250 g/mol. The van der Waals surface area contributed by atoms with Gasteiger partial charge in [0.05, 0.1) is 52.9 Å². The number of hydrogen-bond acceptors (Lipinski definition) is 16. The minimum Gasteiger partial charge on any atom is -0.420 e. The first-order chi connectivity index (χ1) is 43.8. The van der Waals surface area contributed by atoms with Crippen LogP contribution in [0.4, 0.5) is 0 Å². The largest absolute Gasteiger partial charge is 0.420 e. The molecule has 3 aliphatic heterocycles. The number of amides is 1. The number of aliphatic hydroxyl groups is 4. The Morgan fingerprint density at radius 2 is 0.822 bits per heavy atom. The zero-order valence-electron chi connectivity index (χ0n) is 51.4. The van der Waals surface area contributed by atoms with Gasteiger partial charge >= 0.3 is 0 Å². The predicted molar refractivity (Wildman–Crippen MR) is 338 cm³/mol. The van der Waals surface area contributed by atoms with E-state index in [2.05, 4.69) is 50.4 Å². The van der Waals surface area contributed by atoms with Crippen LogP contribution >= 0.6 is 0 Å². The fourth-order valence-corrected chi connectivity index (χ4v) is 14.1. The molecule has 10 rings (SSSR count). The molecule has 18 heteroatoms. The van der Waals surface area contributed by atoms with Crippen LogP contribution in [-0.4, -0.2) is 148 Å². The first kappa shape index (κ1) is 66.5. The number of ether oxygens (including phenoxy) is 10. The van der Waals surface area contributed by atoms with Crippen molar-refractivity contribution < 1.29 is 77.0 Å². The molecule has 3 aliphatic rings. The van der Waals surface area contributed by atoms with E-state index in [1.807, 2.05) is 188 Å². The van der Waals surface area contributed by atoms with Gasteiger partial charge in [-0.2, -0.15) is 0 Å². The summed E-state index contributed by atoms with van der Waals surface area (Å²) >= 11 is 0. The van der Waals surface area contributed by atoms with Gasteiger partial charge < -0.3 is 77.5 Å². The highest BCUT2D eigenvalue weighted by atomic mass is 28.2. The summed E-state index contributed by atoms with van der Waals surface area (Å²) in [4.78, 5) is 13.8. The Morgan fingerprint density at radius 1 is 0.433 bits per heavy atom. The third kappa shape index (κ3) is 17.0. The lowest BCUT2D eigenvalue weighted by Crippen LogP contribution is -2.70. The van der Waals surface area contributed by atoms with Crippen LogP contribution in [0.15, 0.2) is 212 Å². The predicted octanol–water partition coefficient (Wildman–Crippen LogP) is 7.79. The molecule has 3 saturated heterocycles. The lowest BCUT2D eigenvalue weighted by Gasteiger charge is -2.51. The lowest BCUT2D eigenvalue weighted by molar-refractivity contribution is -0.374. The Bertz CT molecular complexity index is 3160. The summed E-state index contributed by atoms with van der Waals surface area (Å²) in [6, 6.07) is 67.0. The zero-order chi connectivity index (χ0) is 62.9. The van der Waals surface area contributed by atoms with E-state index in [0.29, 0.717) is 0 Å². The van der Waals surface area contributed by atoms with Crippen molar-refractivity contribution in [3.8, 4) is 0 Å². The van der Waals surface area contributed by atoms with E-state index in [4.69, 9.17) is 51.8 Å². The molecule has 5 N–H and O–H groups in total. The Hall–Kier alpha value is -6.37. The molecule has 0 spiro atoms. The number of aliphatic hydroxyl groups excluding tert-OH is 4. The Morgan fingerprint density at radius 3 is 1.27 bits per heavy atom. The molecule has 15 atom stereocenters. The van der Waals surface area contributed by atoms with Crippen LogP contribution < -0.4 is 5.32 Å². The van der Waals surface area contributed by atoms with Crippen LogP contribution in [0.3, 0.4) is 0 Å². The van der Waals surface area contributed by atoms with Crippen molar-refractivity contribution in [2.24, 2.45) is 5.41 Å². The lowest BCUT2D eigenvalue weighted by atomic mass is 9.71. The maximum absolute atomic E-state index is 13.8. The van der Waals surface area contributed by atoms with Gasteiger partial charge in [-0.25, -0.2) is 0 Å². The maximum atomic E-state index is 13.8. The summed E-state index contributed by atoms with van der Waals surface area (Å²) in [6.07, 6.45) is -19.1. The van der Waals surface area contributed by atoms with E-state index >= 15 is 0 Å². The molecular weight excluding hydrogens is 1160 g/mol. The Kier molecular flexibility index (Phi) is 23.9. The molecule has 7 aromatic carbocycles. The van der Waals surface area contributed by atoms with E-state index < -0.39 is 113 Å². The molecule has 3 heterocycles. The summed E-state index contributed by atoms with van der Waals surface area (Å²) in [6.45, 7) is 8.05. The SMILES string of the molecule is CC(=O)NC1C(OC2C(OCc3ccccc3)C(O)OC(COCc3ccccc3)C2OCc2ccccc2)OC(COCc2ccccc2)C(OC2OC(CO[SiH2]C(c3ccccc3)(c3ccccc3)C(C)(C)C)C(O)C(O)C2O)C1OCc1ccccc1. The molecule has 3 fully saturated rings. The summed E-state index contributed by atoms with van der Waals surface area (Å²) in [5, 5.41) is 50.4. The second kappa shape index (κ2) is 32.3. The molecule has 0 radical (unpaired) electrons. The van der Waals surface area contributed by atoms with Gasteiger partial charge in [-0.15, -0.1) is 0 Å². The van der Waals surface area contributed by atoms with E-state index in [0.717, 1.165) is 38.9 Å². The topological polar surface area (TPSA) is 212 Å². The molecule has 0 bridgehead atoms. The second-order valence-electron chi connectivity index (χ2n) is 24.2. The zero-order valence-corrected chi connectivity index (χ0v) is 52.8.